The van der Waals surface area contributed by atoms with Crippen LogP contribution in [0, 0.1) is 0 Å². The fourth-order valence-electron chi connectivity index (χ4n) is 3.08. The minimum atomic E-state index is 0.881. The number of rotatable bonds is 2. The molecule has 4 rings (SSSR count). The highest BCUT2D eigenvalue weighted by molar-refractivity contribution is 9.10. The van der Waals surface area contributed by atoms with Crippen LogP contribution in [0.15, 0.2) is 77.3 Å². The summed E-state index contributed by atoms with van der Waals surface area (Å²) in [6.45, 7) is 0. The van der Waals surface area contributed by atoms with E-state index in [1.165, 1.54) is 32.7 Å². The topological polar surface area (TPSA) is 9.23 Å². The molecule has 0 aliphatic heterocycles. The molecular weight excluding hydrogens is 348 g/mol. The number of ether oxygens (including phenoxy) is 1. The molecule has 2 heteroatoms. The molecule has 112 valence electrons. The predicted molar refractivity (Wildman–Crippen MR) is 101 cm³/mol. The molecule has 1 nitrogen and oxygen atoms in total. The molecule has 23 heavy (non-hydrogen) atoms. The van der Waals surface area contributed by atoms with Crippen molar-refractivity contribution in [2.45, 2.75) is 0 Å². The molecule has 0 atom stereocenters. The van der Waals surface area contributed by atoms with E-state index in [1.807, 2.05) is 6.07 Å². The van der Waals surface area contributed by atoms with E-state index in [9.17, 15) is 0 Å². The maximum absolute atomic E-state index is 5.44. The highest BCUT2D eigenvalue weighted by atomic mass is 79.9. The van der Waals surface area contributed by atoms with E-state index in [4.69, 9.17) is 4.74 Å². The fourth-order valence-corrected chi connectivity index (χ4v) is 3.34. The van der Waals surface area contributed by atoms with E-state index in [0.29, 0.717) is 0 Å². The van der Waals surface area contributed by atoms with Gasteiger partial charge in [-0.3, -0.25) is 0 Å². The molecule has 0 unspecified atom stereocenters. The van der Waals surface area contributed by atoms with Crippen molar-refractivity contribution in [2.24, 2.45) is 0 Å². The predicted octanol–water partition coefficient (Wildman–Crippen LogP) is 6.43. The molecule has 4 aromatic rings. The van der Waals surface area contributed by atoms with Crippen LogP contribution in [0.4, 0.5) is 0 Å². The first kappa shape index (κ1) is 14.3. The van der Waals surface area contributed by atoms with Gasteiger partial charge in [-0.2, -0.15) is 0 Å². The molecule has 0 saturated carbocycles. The average Bonchev–Trinajstić information content (AvgIpc) is 2.61. The van der Waals surface area contributed by atoms with Gasteiger partial charge in [-0.1, -0.05) is 58.4 Å². The Morgan fingerprint density at radius 3 is 2.30 bits per heavy atom. The van der Waals surface area contributed by atoms with Crippen LogP contribution in [0.5, 0.6) is 5.75 Å². The van der Waals surface area contributed by atoms with E-state index >= 15 is 0 Å². The highest BCUT2D eigenvalue weighted by Crippen LogP contribution is 2.37. The number of hydrogen-bond acceptors (Lipinski definition) is 1. The van der Waals surface area contributed by atoms with Crippen LogP contribution in [-0.4, -0.2) is 7.11 Å². The minimum absolute atomic E-state index is 0.881. The van der Waals surface area contributed by atoms with Crippen LogP contribution in [0.25, 0.3) is 32.7 Å². The Hall–Kier alpha value is -2.32. The van der Waals surface area contributed by atoms with Gasteiger partial charge in [-0.25, -0.2) is 0 Å². The molecule has 0 spiro atoms. The standard InChI is InChI=1S/C21H15BrO/c1-23-17-10-11-19-18-5-3-2-4-15(18)12-20(21(19)13-17)14-6-8-16(22)9-7-14/h2-13H,1H3. The summed E-state index contributed by atoms with van der Waals surface area (Å²) in [5, 5.41) is 4.99. The molecule has 4 aromatic carbocycles. The number of fused-ring (bicyclic) bond motifs is 3. The van der Waals surface area contributed by atoms with Crippen molar-refractivity contribution in [2.75, 3.05) is 7.11 Å². The van der Waals surface area contributed by atoms with Crippen LogP contribution in [-0.2, 0) is 0 Å². The van der Waals surface area contributed by atoms with E-state index in [-0.39, 0.29) is 0 Å². The van der Waals surface area contributed by atoms with Crippen LogP contribution in [0.3, 0.4) is 0 Å². The van der Waals surface area contributed by atoms with Crippen molar-refractivity contribution < 1.29 is 4.74 Å². The van der Waals surface area contributed by atoms with Gasteiger partial charge in [0.25, 0.3) is 0 Å². The molecule has 0 aromatic heterocycles. The van der Waals surface area contributed by atoms with Crippen LogP contribution in [0.1, 0.15) is 0 Å². The lowest BCUT2D eigenvalue weighted by molar-refractivity contribution is 0.415. The van der Waals surface area contributed by atoms with Gasteiger partial charge in [-0.15, -0.1) is 0 Å². The quantitative estimate of drug-likeness (QED) is 0.373. The number of benzene rings is 4. The molecule has 0 amide bonds. The van der Waals surface area contributed by atoms with Crippen LogP contribution in [0.2, 0.25) is 0 Å². The summed E-state index contributed by atoms with van der Waals surface area (Å²) < 4.78 is 6.52. The fraction of sp³-hybridized carbons (Fsp3) is 0.0476. The van der Waals surface area contributed by atoms with Crippen molar-refractivity contribution in [3.8, 4) is 16.9 Å². The first-order valence-corrected chi connectivity index (χ1v) is 8.31. The Morgan fingerprint density at radius 2 is 1.52 bits per heavy atom. The zero-order valence-corrected chi connectivity index (χ0v) is 14.3. The average molecular weight is 363 g/mol. The summed E-state index contributed by atoms with van der Waals surface area (Å²) in [5.74, 6) is 0.881. The maximum atomic E-state index is 5.44. The lowest BCUT2D eigenvalue weighted by Gasteiger charge is -2.12. The molecule has 0 aliphatic rings. The molecule has 0 bridgehead atoms. The molecule has 0 fully saturated rings. The number of halogens is 1. The Balaban J connectivity index is 2.12. The van der Waals surface area contributed by atoms with Crippen molar-refractivity contribution in [1.82, 2.24) is 0 Å². The lowest BCUT2D eigenvalue weighted by Crippen LogP contribution is -1.87. The van der Waals surface area contributed by atoms with Crippen molar-refractivity contribution >= 4 is 37.5 Å². The summed E-state index contributed by atoms with van der Waals surface area (Å²) in [5.41, 5.74) is 2.43. The summed E-state index contributed by atoms with van der Waals surface area (Å²) >= 11 is 3.51. The SMILES string of the molecule is COc1ccc2c(c1)c(-c1ccc(Br)cc1)cc1ccccc12. The van der Waals surface area contributed by atoms with Gasteiger partial charge in [0, 0.05) is 4.47 Å². The Kier molecular flexibility index (Phi) is 3.55. The molecule has 0 heterocycles. The van der Waals surface area contributed by atoms with Gasteiger partial charge in [0.05, 0.1) is 7.11 Å². The van der Waals surface area contributed by atoms with Crippen LogP contribution >= 0.6 is 15.9 Å². The Bertz CT molecular complexity index is 1000. The Morgan fingerprint density at radius 1 is 0.739 bits per heavy atom. The monoisotopic (exact) mass is 362 g/mol. The third-order valence-electron chi connectivity index (χ3n) is 4.22. The lowest BCUT2D eigenvalue weighted by atomic mass is 9.93. The van der Waals surface area contributed by atoms with E-state index in [2.05, 4.69) is 82.7 Å². The van der Waals surface area contributed by atoms with Crippen molar-refractivity contribution in [1.29, 1.82) is 0 Å². The second-order valence-corrected chi connectivity index (χ2v) is 6.48. The third kappa shape index (κ3) is 2.49. The second kappa shape index (κ2) is 5.71. The molecule has 0 saturated heterocycles. The molecule has 0 N–H and O–H groups in total. The minimum Gasteiger partial charge on any atom is -0.497 e. The van der Waals surface area contributed by atoms with E-state index in [0.717, 1.165) is 10.2 Å². The molecule has 0 radical (unpaired) electrons. The van der Waals surface area contributed by atoms with Gasteiger partial charge < -0.3 is 4.74 Å². The second-order valence-electron chi connectivity index (χ2n) is 5.56. The van der Waals surface area contributed by atoms with Gasteiger partial charge >= 0.3 is 0 Å². The molecular formula is C21H15BrO. The normalized spacial score (nSPS) is 11.0. The van der Waals surface area contributed by atoms with Gasteiger partial charge in [-0.05, 0) is 63.0 Å². The summed E-state index contributed by atoms with van der Waals surface area (Å²) in [6.07, 6.45) is 0. The number of hydrogen-bond donors (Lipinski definition) is 0. The highest BCUT2D eigenvalue weighted by Gasteiger charge is 2.09. The third-order valence-corrected chi connectivity index (χ3v) is 4.75. The zero-order chi connectivity index (χ0) is 15.8. The smallest absolute Gasteiger partial charge is 0.119 e. The van der Waals surface area contributed by atoms with E-state index in [1.54, 1.807) is 7.11 Å². The maximum Gasteiger partial charge on any atom is 0.119 e. The largest absolute Gasteiger partial charge is 0.497 e. The van der Waals surface area contributed by atoms with Gasteiger partial charge in [0.15, 0.2) is 0 Å². The van der Waals surface area contributed by atoms with Crippen LogP contribution < -0.4 is 4.74 Å². The first-order valence-electron chi connectivity index (χ1n) is 7.52. The molecule has 0 aliphatic carbocycles. The summed E-state index contributed by atoms with van der Waals surface area (Å²) in [6, 6.07) is 25.5. The number of methoxy groups -OCH3 is 1. The summed E-state index contributed by atoms with van der Waals surface area (Å²) in [4.78, 5) is 0. The van der Waals surface area contributed by atoms with E-state index < -0.39 is 0 Å². The Labute approximate surface area is 143 Å². The summed E-state index contributed by atoms with van der Waals surface area (Å²) in [7, 11) is 1.71. The zero-order valence-electron chi connectivity index (χ0n) is 12.7. The van der Waals surface area contributed by atoms with Crippen molar-refractivity contribution in [3.05, 3.63) is 77.3 Å². The van der Waals surface area contributed by atoms with Crippen molar-refractivity contribution in [3.63, 3.8) is 0 Å². The van der Waals surface area contributed by atoms with Gasteiger partial charge in [0.1, 0.15) is 5.75 Å². The first-order chi connectivity index (χ1) is 11.3. The van der Waals surface area contributed by atoms with Gasteiger partial charge in [0.2, 0.25) is 0 Å².